The van der Waals surface area contributed by atoms with Gasteiger partial charge in [0, 0.05) is 12.5 Å². The Morgan fingerprint density at radius 3 is 2.35 bits per heavy atom. The molecule has 0 N–H and O–H groups in total. The molecule has 0 aliphatic heterocycles. The number of nitro groups is 1. The highest BCUT2D eigenvalue weighted by atomic mass is 32.2. The Balaban J connectivity index is 1.61. The minimum atomic E-state index is -0.422. The van der Waals surface area contributed by atoms with E-state index in [-0.39, 0.29) is 24.0 Å². The Morgan fingerprint density at radius 1 is 1.00 bits per heavy atom. The summed E-state index contributed by atoms with van der Waals surface area (Å²) in [6.07, 6.45) is 1.65. The Hall–Kier alpha value is -3.91. The molecular weight excluding hydrogens is 450 g/mol. The number of ether oxygens (including phenoxy) is 1. The Kier molecular flexibility index (Phi) is 7.39. The summed E-state index contributed by atoms with van der Waals surface area (Å²) in [4.78, 5) is 24.9. The van der Waals surface area contributed by atoms with E-state index in [1.165, 1.54) is 17.8 Å². The molecule has 0 radical (unpaired) electrons. The summed E-state index contributed by atoms with van der Waals surface area (Å²) in [6.45, 7) is 1.79. The quantitative estimate of drug-likeness (QED) is 0.164. The molecule has 172 valence electrons. The van der Waals surface area contributed by atoms with E-state index in [9.17, 15) is 14.9 Å². The Labute approximate surface area is 201 Å². The molecule has 34 heavy (non-hydrogen) atoms. The fourth-order valence-electron chi connectivity index (χ4n) is 3.49. The predicted octanol–water partition coefficient (Wildman–Crippen LogP) is 6.17. The van der Waals surface area contributed by atoms with Crippen LogP contribution >= 0.6 is 11.8 Å². The molecule has 0 atom stereocenters. The lowest BCUT2D eigenvalue weighted by Crippen LogP contribution is -2.12. The maximum absolute atomic E-state index is 12.8. The Morgan fingerprint density at radius 2 is 1.65 bits per heavy atom. The Bertz CT molecular complexity index is 1290. The average molecular weight is 474 g/mol. The van der Waals surface area contributed by atoms with E-state index in [0.717, 1.165) is 17.7 Å². The molecule has 0 spiro atoms. The molecule has 1 aromatic heterocycles. The van der Waals surface area contributed by atoms with Crippen LogP contribution in [0, 0.1) is 17.0 Å². The number of benzene rings is 3. The van der Waals surface area contributed by atoms with Crippen molar-refractivity contribution in [3.8, 4) is 11.6 Å². The van der Waals surface area contributed by atoms with Crippen LogP contribution in [-0.2, 0) is 11.2 Å². The van der Waals surface area contributed by atoms with Gasteiger partial charge in [-0.25, -0.2) is 0 Å². The number of esters is 1. The molecule has 0 aliphatic carbocycles. The standard InChI is InChI=1S/C26H23N3O4S/c1-19-25(34-23-17-9-8-16-22(23)29(31)32)26(28(27-19)21-14-6-3-7-15-21)33-24(30)18-10-13-20-11-4-2-5-12-20/h2-9,11-12,14-17H,10,13,18H2,1H3. The van der Waals surface area contributed by atoms with Gasteiger partial charge in [-0.3, -0.25) is 14.9 Å². The molecule has 4 aromatic rings. The van der Waals surface area contributed by atoms with Crippen molar-refractivity contribution in [1.29, 1.82) is 0 Å². The van der Waals surface area contributed by atoms with Crippen molar-refractivity contribution in [3.05, 3.63) is 106 Å². The third-order valence-electron chi connectivity index (χ3n) is 5.14. The van der Waals surface area contributed by atoms with Crippen molar-refractivity contribution in [1.82, 2.24) is 9.78 Å². The highest BCUT2D eigenvalue weighted by molar-refractivity contribution is 7.99. The van der Waals surface area contributed by atoms with E-state index >= 15 is 0 Å². The van der Waals surface area contributed by atoms with E-state index in [2.05, 4.69) is 5.10 Å². The largest absolute Gasteiger partial charge is 0.406 e. The van der Waals surface area contributed by atoms with E-state index in [1.807, 2.05) is 60.7 Å². The summed E-state index contributed by atoms with van der Waals surface area (Å²) in [6, 6.07) is 25.8. The summed E-state index contributed by atoms with van der Waals surface area (Å²) in [5.41, 5.74) is 2.48. The molecule has 0 amide bonds. The van der Waals surface area contributed by atoms with Gasteiger partial charge in [0.2, 0.25) is 5.88 Å². The van der Waals surface area contributed by atoms with Crippen LogP contribution in [0.5, 0.6) is 5.88 Å². The lowest BCUT2D eigenvalue weighted by atomic mass is 10.1. The smallest absolute Gasteiger partial charge is 0.312 e. The van der Waals surface area contributed by atoms with E-state index in [0.29, 0.717) is 21.9 Å². The van der Waals surface area contributed by atoms with Crippen LogP contribution in [-0.4, -0.2) is 20.7 Å². The minimum absolute atomic E-state index is 0.0144. The van der Waals surface area contributed by atoms with Crippen LogP contribution < -0.4 is 4.74 Å². The molecule has 0 aliphatic rings. The normalized spacial score (nSPS) is 10.7. The first-order valence-electron chi connectivity index (χ1n) is 10.8. The maximum atomic E-state index is 12.8. The van der Waals surface area contributed by atoms with E-state index in [4.69, 9.17) is 4.74 Å². The predicted molar refractivity (Wildman–Crippen MR) is 131 cm³/mol. The van der Waals surface area contributed by atoms with Gasteiger partial charge in [0.05, 0.1) is 26.1 Å². The number of nitro benzene ring substituents is 1. The number of para-hydroxylation sites is 2. The molecule has 8 heteroatoms. The van der Waals surface area contributed by atoms with Gasteiger partial charge in [-0.2, -0.15) is 9.78 Å². The number of aromatic nitrogens is 2. The molecule has 4 rings (SSSR count). The zero-order chi connectivity index (χ0) is 23.9. The number of rotatable bonds is 9. The van der Waals surface area contributed by atoms with E-state index < -0.39 is 4.92 Å². The van der Waals surface area contributed by atoms with Gasteiger partial charge in [0.1, 0.15) is 0 Å². The summed E-state index contributed by atoms with van der Waals surface area (Å²) in [5, 5.41) is 16.1. The summed E-state index contributed by atoms with van der Waals surface area (Å²) in [7, 11) is 0. The highest BCUT2D eigenvalue weighted by Crippen LogP contribution is 2.42. The third kappa shape index (κ3) is 5.52. The number of hydrogen-bond acceptors (Lipinski definition) is 6. The number of hydrogen-bond donors (Lipinski definition) is 0. The van der Waals surface area contributed by atoms with Gasteiger partial charge in [0.25, 0.3) is 5.69 Å². The van der Waals surface area contributed by atoms with Crippen molar-refractivity contribution in [2.75, 3.05) is 0 Å². The topological polar surface area (TPSA) is 87.3 Å². The SMILES string of the molecule is Cc1nn(-c2ccccc2)c(OC(=O)CCCc2ccccc2)c1Sc1ccccc1[N+](=O)[O-]. The number of carbonyl (C=O) groups is 1. The van der Waals surface area contributed by atoms with Gasteiger partial charge >= 0.3 is 5.97 Å². The van der Waals surface area contributed by atoms with E-state index in [1.54, 1.807) is 29.8 Å². The van der Waals surface area contributed by atoms with Crippen molar-refractivity contribution in [2.45, 2.75) is 36.0 Å². The minimum Gasteiger partial charge on any atom is -0.406 e. The fraction of sp³-hybridized carbons (Fsp3) is 0.154. The van der Waals surface area contributed by atoms with Gasteiger partial charge in [0.15, 0.2) is 0 Å². The lowest BCUT2D eigenvalue weighted by molar-refractivity contribution is -0.387. The van der Waals surface area contributed by atoms with Crippen LogP contribution in [0.1, 0.15) is 24.1 Å². The highest BCUT2D eigenvalue weighted by Gasteiger charge is 2.24. The van der Waals surface area contributed by atoms with Crippen molar-refractivity contribution < 1.29 is 14.5 Å². The maximum Gasteiger partial charge on any atom is 0.312 e. The van der Waals surface area contributed by atoms with Gasteiger partial charge < -0.3 is 4.74 Å². The van der Waals surface area contributed by atoms with Crippen molar-refractivity contribution >= 4 is 23.4 Å². The first-order chi connectivity index (χ1) is 16.5. The second-order valence-corrected chi connectivity index (χ2v) is 8.66. The van der Waals surface area contributed by atoms with Gasteiger partial charge in [-0.1, -0.05) is 72.4 Å². The van der Waals surface area contributed by atoms with Gasteiger partial charge in [-0.05, 0) is 43.5 Å². The molecule has 1 heterocycles. The second-order valence-electron chi connectivity index (χ2n) is 7.61. The number of carbonyl (C=O) groups excluding carboxylic acids is 1. The zero-order valence-corrected chi connectivity index (χ0v) is 19.4. The summed E-state index contributed by atoms with van der Waals surface area (Å²) < 4.78 is 7.40. The van der Waals surface area contributed by atoms with Crippen LogP contribution in [0.3, 0.4) is 0 Å². The van der Waals surface area contributed by atoms with Crippen LogP contribution in [0.4, 0.5) is 5.69 Å². The van der Waals surface area contributed by atoms with Crippen LogP contribution in [0.25, 0.3) is 5.69 Å². The molecule has 0 fully saturated rings. The first kappa shape index (κ1) is 23.3. The number of aryl methyl sites for hydroxylation is 2. The molecule has 0 bridgehead atoms. The zero-order valence-electron chi connectivity index (χ0n) is 18.6. The van der Waals surface area contributed by atoms with Gasteiger partial charge in [-0.15, -0.1) is 0 Å². The third-order valence-corrected chi connectivity index (χ3v) is 6.38. The molecule has 0 unspecified atom stereocenters. The molecule has 7 nitrogen and oxygen atoms in total. The average Bonchev–Trinajstić information content (AvgIpc) is 3.15. The van der Waals surface area contributed by atoms with Crippen LogP contribution in [0.2, 0.25) is 0 Å². The monoisotopic (exact) mass is 473 g/mol. The number of nitrogens with zero attached hydrogens (tertiary/aromatic N) is 3. The fourth-order valence-corrected chi connectivity index (χ4v) is 4.51. The van der Waals surface area contributed by atoms with Crippen molar-refractivity contribution in [2.24, 2.45) is 0 Å². The second kappa shape index (κ2) is 10.8. The molecule has 3 aromatic carbocycles. The molecule has 0 saturated carbocycles. The van der Waals surface area contributed by atoms with Crippen LogP contribution in [0.15, 0.2) is 94.7 Å². The summed E-state index contributed by atoms with van der Waals surface area (Å²) >= 11 is 1.17. The lowest BCUT2D eigenvalue weighted by Gasteiger charge is -2.10. The molecule has 0 saturated heterocycles. The molecular formula is C26H23N3O4S. The van der Waals surface area contributed by atoms with Crippen molar-refractivity contribution in [3.63, 3.8) is 0 Å². The first-order valence-corrected chi connectivity index (χ1v) is 11.7. The summed E-state index contributed by atoms with van der Waals surface area (Å²) in [5.74, 6) is -0.117.